The number of aryl methyl sites for hydroxylation is 1. The molecule has 0 aliphatic heterocycles. The summed E-state index contributed by atoms with van der Waals surface area (Å²) in [5, 5.41) is -0.171. The summed E-state index contributed by atoms with van der Waals surface area (Å²) in [6.45, 7) is 2.04. The summed E-state index contributed by atoms with van der Waals surface area (Å²) in [5.74, 6) is 1.42. The molecule has 8 heteroatoms. The Kier molecular flexibility index (Phi) is 4.03. The van der Waals surface area contributed by atoms with E-state index >= 15 is 0 Å². The molecule has 19 heavy (non-hydrogen) atoms. The lowest BCUT2D eigenvalue weighted by atomic mass is 10.4. The molecule has 0 radical (unpaired) electrons. The van der Waals surface area contributed by atoms with Crippen molar-refractivity contribution in [1.82, 2.24) is 9.71 Å². The van der Waals surface area contributed by atoms with Crippen LogP contribution in [0.2, 0.25) is 0 Å². The van der Waals surface area contributed by atoms with E-state index in [-0.39, 0.29) is 18.2 Å². The number of nitrogens with zero attached hydrogens (tertiary/aromatic N) is 1. The zero-order chi connectivity index (χ0) is 13.9. The standard InChI is InChI=1S/C11H15N3O4S/c1-2-8-6-13-10(17-8)7-14-19(15,16)11-4-3-9(5-12)18-11/h3-4,6,14H,2,5,7,12H2,1H3. The molecule has 0 aliphatic rings. The zero-order valence-corrected chi connectivity index (χ0v) is 11.2. The van der Waals surface area contributed by atoms with Gasteiger partial charge in [-0.15, -0.1) is 0 Å². The van der Waals surface area contributed by atoms with E-state index in [1.54, 1.807) is 6.20 Å². The summed E-state index contributed by atoms with van der Waals surface area (Å²) in [4.78, 5) is 3.96. The van der Waals surface area contributed by atoms with Crippen LogP contribution in [0.5, 0.6) is 0 Å². The van der Waals surface area contributed by atoms with E-state index < -0.39 is 10.0 Å². The second-order valence-corrected chi connectivity index (χ2v) is 5.52. The van der Waals surface area contributed by atoms with Crippen LogP contribution >= 0.6 is 0 Å². The summed E-state index contributed by atoms with van der Waals surface area (Å²) in [6.07, 6.45) is 2.28. The molecule has 0 aromatic carbocycles. The predicted molar refractivity (Wildman–Crippen MR) is 66.5 cm³/mol. The van der Waals surface area contributed by atoms with Gasteiger partial charge in [-0.2, -0.15) is 4.72 Å². The van der Waals surface area contributed by atoms with Crippen molar-refractivity contribution in [3.63, 3.8) is 0 Å². The van der Waals surface area contributed by atoms with Gasteiger partial charge in [-0.05, 0) is 12.1 Å². The molecular weight excluding hydrogens is 270 g/mol. The molecule has 2 heterocycles. The molecule has 0 saturated carbocycles. The first-order chi connectivity index (χ1) is 9.05. The number of sulfonamides is 1. The van der Waals surface area contributed by atoms with E-state index in [4.69, 9.17) is 14.6 Å². The number of aromatic nitrogens is 1. The van der Waals surface area contributed by atoms with Gasteiger partial charge in [-0.1, -0.05) is 6.92 Å². The Morgan fingerprint density at radius 1 is 1.32 bits per heavy atom. The minimum atomic E-state index is -3.72. The molecule has 0 unspecified atom stereocenters. The van der Waals surface area contributed by atoms with Gasteiger partial charge in [0.1, 0.15) is 11.5 Å². The average molecular weight is 285 g/mol. The largest absolute Gasteiger partial charge is 0.447 e. The molecule has 2 aromatic heterocycles. The van der Waals surface area contributed by atoms with Gasteiger partial charge in [0.15, 0.2) is 0 Å². The predicted octanol–water partition coefficient (Wildman–Crippen LogP) is 0.767. The molecule has 0 bridgehead atoms. The second-order valence-electron chi connectivity index (χ2n) is 3.82. The van der Waals surface area contributed by atoms with Gasteiger partial charge in [-0.25, -0.2) is 13.4 Å². The van der Waals surface area contributed by atoms with Crippen LogP contribution in [0.4, 0.5) is 0 Å². The first-order valence-electron chi connectivity index (χ1n) is 5.77. The third kappa shape index (κ3) is 3.22. The number of nitrogens with one attached hydrogen (secondary N) is 1. The van der Waals surface area contributed by atoms with Crippen molar-refractivity contribution >= 4 is 10.0 Å². The van der Waals surface area contributed by atoms with Crippen LogP contribution in [0.1, 0.15) is 24.3 Å². The highest BCUT2D eigenvalue weighted by molar-refractivity contribution is 7.89. The van der Waals surface area contributed by atoms with Crippen molar-refractivity contribution in [3.05, 3.63) is 35.7 Å². The van der Waals surface area contributed by atoms with Gasteiger partial charge < -0.3 is 14.6 Å². The van der Waals surface area contributed by atoms with Crippen LogP contribution in [-0.4, -0.2) is 13.4 Å². The van der Waals surface area contributed by atoms with E-state index in [1.165, 1.54) is 12.1 Å². The van der Waals surface area contributed by atoms with Crippen molar-refractivity contribution in [3.8, 4) is 0 Å². The van der Waals surface area contributed by atoms with Gasteiger partial charge in [0.25, 0.3) is 10.0 Å². The fourth-order valence-corrected chi connectivity index (χ4v) is 2.35. The highest BCUT2D eigenvalue weighted by atomic mass is 32.2. The summed E-state index contributed by atoms with van der Waals surface area (Å²) >= 11 is 0. The Hall–Kier alpha value is -1.64. The fourth-order valence-electron chi connectivity index (χ4n) is 1.43. The van der Waals surface area contributed by atoms with Crippen molar-refractivity contribution in [2.24, 2.45) is 5.73 Å². The summed E-state index contributed by atoms with van der Waals surface area (Å²) in [7, 11) is -3.72. The Morgan fingerprint density at radius 3 is 2.68 bits per heavy atom. The van der Waals surface area contributed by atoms with E-state index in [2.05, 4.69) is 9.71 Å². The van der Waals surface area contributed by atoms with Crippen molar-refractivity contribution in [1.29, 1.82) is 0 Å². The van der Waals surface area contributed by atoms with Crippen LogP contribution in [-0.2, 0) is 29.5 Å². The fraction of sp³-hybridized carbons (Fsp3) is 0.364. The number of oxazole rings is 1. The van der Waals surface area contributed by atoms with Crippen LogP contribution in [0.15, 0.2) is 32.3 Å². The van der Waals surface area contributed by atoms with Gasteiger partial charge in [-0.3, -0.25) is 0 Å². The Bertz CT molecular complexity index is 644. The summed E-state index contributed by atoms with van der Waals surface area (Å²) in [5.41, 5.74) is 5.36. The van der Waals surface area contributed by atoms with Crippen LogP contribution in [0.3, 0.4) is 0 Å². The minimum Gasteiger partial charge on any atom is -0.447 e. The molecule has 0 aliphatic carbocycles. The molecule has 0 fully saturated rings. The third-order valence-corrected chi connectivity index (χ3v) is 3.74. The monoisotopic (exact) mass is 285 g/mol. The lowest BCUT2D eigenvalue weighted by Crippen LogP contribution is -2.22. The first kappa shape index (κ1) is 13.8. The quantitative estimate of drug-likeness (QED) is 0.810. The van der Waals surface area contributed by atoms with Crippen LogP contribution in [0.25, 0.3) is 0 Å². The topological polar surface area (TPSA) is 111 Å². The molecular formula is C11H15N3O4S. The van der Waals surface area contributed by atoms with E-state index in [0.29, 0.717) is 23.8 Å². The number of nitrogens with two attached hydrogens (primary N) is 1. The number of hydrogen-bond acceptors (Lipinski definition) is 6. The Labute approximate surface area is 110 Å². The molecule has 0 spiro atoms. The molecule has 2 rings (SSSR count). The summed E-state index contributed by atoms with van der Waals surface area (Å²) < 4.78 is 36.5. The highest BCUT2D eigenvalue weighted by Crippen LogP contribution is 2.14. The molecule has 2 aromatic rings. The molecule has 7 nitrogen and oxygen atoms in total. The van der Waals surface area contributed by atoms with Crippen molar-refractivity contribution in [2.75, 3.05) is 0 Å². The molecule has 0 amide bonds. The van der Waals surface area contributed by atoms with E-state index in [9.17, 15) is 8.42 Å². The number of furan rings is 1. The normalized spacial score (nSPS) is 11.9. The minimum absolute atomic E-state index is 0.0268. The lowest BCUT2D eigenvalue weighted by molar-refractivity contribution is 0.409. The molecule has 0 saturated heterocycles. The Morgan fingerprint density at radius 2 is 2.11 bits per heavy atom. The third-order valence-electron chi connectivity index (χ3n) is 2.47. The average Bonchev–Trinajstić information content (AvgIpc) is 3.05. The number of hydrogen-bond donors (Lipinski definition) is 2. The van der Waals surface area contributed by atoms with Gasteiger partial charge >= 0.3 is 0 Å². The maximum Gasteiger partial charge on any atom is 0.274 e. The van der Waals surface area contributed by atoms with Gasteiger partial charge in [0.05, 0.1) is 19.3 Å². The first-order valence-corrected chi connectivity index (χ1v) is 7.25. The zero-order valence-electron chi connectivity index (χ0n) is 10.4. The maximum atomic E-state index is 11.9. The van der Waals surface area contributed by atoms with Crippen LogP contribution < -0.4 is 10.5 Å². The Balaban J connectivity index is 2.05. The van der Waals surface area contributed by atoms with E-state index in [0.717, 1.165) is 0 Å². The molecule has 3 N–H and O–H groups in total. The van der Waals surface area contributed by atoms with Gasteiger partial charge in [0, 0.05) is 6.42 Å². The number of rotatable bonds is 6. The van der Waals surface area contributed by atoms with Crippen LogP contribution in [0, 0.1) is 0 Å². The summed E-state index contributed by atoms with van der Waals surface area (Å²) in [6, 6.07) is 2.88. The maximum absolute atomic E-state index is 11.9. The van der Waals surface area contributed by atoms with Gasteiger partial charge in [0.2, 0.25) is 11.0 Å². The second kappa shape index (κ2) is 5.55. The molecule has 0 atom stereocenters. The smallest absolute Gasteiger partial charge is 0.274 e. The molecule has 104 valence electrons. The SMILES string of the molecule is CCc1cnc(CNS(=O)(=O)c2ccc(CN)o2)o1. The lowest BCUT2D eigenvalue weighted by Gasteiger charge is -2.01. The van der Waals surface area contributed by atoms with Crippen molar-refractivity contribution < 1.29 is 17.3 Å². The van der Waals surface area contributed by atoms with Crippen molar-refractivity contribution in [2.45, 2.75) is 31.5 Å². The van der Waals surface area contributed by atoms with E-state index in [1.807, 2.05) is 6.92 Å². The highest BCUT2D eigenvalue weighted by Gasteiger charge is 2.19.